The van der Waals surface area contributed by atoms with Crippen molar-refractivity contribution in [3.8, 4) is 0 Å². The Hall–Kier alpha value is -1.64. The quantitative estimate of drug-likeness (QED) is 0.659. The average Bonchev–Trinajstić information content (AvgIpc) is 2.19. The lowest BCUT2D eigenvalue weighted by Gasteiger charge is -2.02. The zero-order chi connectivity index (χ0) is 9.68. The molecule has 0 saturated heterocycles. The smallest absolute Gasteiger partial charge is 0.310 e. The van der Waals surface area contributed by atoms with E-state index in [0.717, 1.165) is 5.69 Å². The number of esters is 1. The highest BCUT2D eigenvalue weighted by Gasteiger charge is 2.05. The summed E-state index contributed by atoms with van der Waals surface area (Å²) in [6, 6.07) is 5.48. The van der Waals surface area contributed by atoms with Crippen molar-refractivity contribution in [1.29, 1.82) is 0 Å². The Morgan fingerprint density at radius 1 is 1.62 bits per heavy atom. The summed E-state index contributed by atoms with van der Waals surface area (Å²) in [7, 11) is 1.36. The summed E-state index contributed by atoms with van der Waals surface area (Å²) in [5, 5.41) is 0. The first kappa shape index (κ1) is 9.45. The van der Waals surface area contributed by atoms with Crippen molar-refractivity contribution in [3.63, 3.8) is 0 Å². The molecule has 0 N–H and O–H groups in total. The van der Waals surface area contributed by atoms with Gasteiger partial charge in [0.2, 0.25) is 0 Å². The monoisotopic (exact) mass is 177 g/mol. The van der Waals surface area contributed by atoms with Crippen molar-refractivity contribution in [1.82, 2.24) is 4.98 Å². The predicted molar refractivity (Wildman–Crippen MR) is 49.9 cm³/mol. The highest BCUT2D eigenvalue weighted by molar-refractivity contribution is 5.83. The van der Waals surface area contributed by atoms with E-state index in [9.17, 15) is 4.79 Å². The fourth-order valence-electron chi connectivity index (χ4n) is 0.909. The van der Waals surface area contributed by atoms with Crippen LogP contribution in [0.15, 0.2) is 31.0 Å². The third-order valence-electron chi connectivity index (χ3n) is 1.61. The lowest BCUT2D eigenvalue weighted by Crippen LogP contribution is -2.01. The summed E-state index contributed by atoms with van der Waals surface area (Å²) in [5.41, 5.74) is 1.40. The van der Waals surface area contributed by atoms with Gasteiger partial charge in [0.1, 0.15) is 0 Å². The first-order valence-corrected chi connectivity index (χ1v) is 3.90. The van der Waals surface area contributed by atoms with Gasteiger partial charge in [-0.3, -0.25) is 9.78 Å². The molecule has 1 aromatic heterocycles. The summed E-state index contributed by atoms with van der Waals surface area (Å²) in [6.45, 7) is 3.75. The fraction of sp³-hybridized carbons (Fsp3) is 0.200. The number of aromatic nitrogens is 1. The van der Waals surface area contributed by atoms with Crippen molar-refractivity contribution in [2.24, 2.45) is 0 Å². The number of carbonyl (C=O) groups excluding carboxylic acids is 1. The highest BCUT2D eigenvalue weighted by atomic mass is 16.5. The van der Waals surface area contributed by atoms with Crippen LogP contribution >= 0.6 is 0 Å². The Balaban J connectivity index is 2.65. The van der Waals surface area contributed by atoms with Gasteiger partial charge < -0.3 is 4.74 Å². The van der Waals surface area contributed by atoms with Crippen LogP contribution in [0.3, 0.4) is 0 Å². The largest absolute Gasteiger partial charge is 0.469 e. The molecule has 0 aliphatic heterocycles. The fourth-order valence-corrected chi connectivity index (χ4v) is 0.909. The van der Waals surface area contributed by atoms with Gasteiger partial charge in [-0.1, -0.05) is 12.6 Å². The highest BCUT2D eigenvalue weighted by Crippen LogP contribution is 2.12. The number of methoxy groups -OCH3 is 1. The minimum atomic E-state index is -0.296. The molecule has 1 heterocycles. The first-order valence-electron chi connectivity index (χ1n) is 3.90. The van der Waals surface area contributed by atoms with Gasteiger partial charge in [-0.05, 0) is 17.7 Å². The van der Waals surface area contributed by atoms with Crippen LogP contribution in [0.2, 0.25) is 0 Å². The van der Waals surface area contributed by atoms with Gasteiger partial charge in [0.15, 0.2) is 0 Å². The molecule has 0 amide bonds. The second-order valence-corrected chi connectivity index (χ2v) is 2.57. The van der Waals surface area contributed by atoms with Crippen molar-refractivity contribution in [2.75, 3.05) is 7.11 Å². The van der Waals surface area contributed by atoms with E-state index in [4.69, 9.17) is 0 Å². The molecular formula is C10H11NO2. The summed E-state index contributed by atoms with van der Waals surface area (Å²) in [6.07, 6.45) is 1.85. The molecule has 1 rings (SSSR count). The molecule has 13 heavy (non-hydrogen) atoms. The van der Waals surface area contributed by atoms with Crippen LogP contribution in [0, 0.1) is 0 Å². The first-order chi connectivity index (χ1) is 6.24. The number of carbonyl (C=O) groups is 1. The minimum Gasteiger partial charge on any atom is -0.469 e. The van der Waals surface area contributed by atoms with E-state index in [1.165, 1.54) is 7.11 Å². The van der Waals surface area contributed by atoms with Gasteiger partial charge in [-0.25, -0.2) is 0 Å². The Morgan fingerprint density at radius 3 is 2.92 bits per heavy atom. The zero-order valence-corrected chi connectivity index (χ0v) is 7.49. The van der Waals surface area contributed by atoms with E-state index in [2.05, 4.69) is 16.3 Å². The molecule has 0 unspecified atom stereocenters. The van der Waals surface area contributed by atoms with Crippen LogP contribution in [-0.2, 0) is 9.53 Å². The summed E-state index contributed by atoms with van der Waals surface area (Å²) in [4.78, 5) is 14.9. The number of rotatable bonds is 3. The molecule has 0 radical (unpaired) electrons. The summed E-state index contributed by atoms with van der Waals surface area (Å²) >= 11 is 0. The Kier molecular flexibility index (Phi) is 3.20. The Morgan fingerprint density at radius 2 is 2.38 bits per heavy atom. The molecule has 0 aliphatic carbocycles. The number of nitrogens with zero attached hydrogens (tertiary/aromatic N) is 1. The second kappa shape index (κ2) is 4.40. The molecule has 0 aromatic carbocycles. The topological polar surface area (TPSA) is 39.2 Å². The van der Waals surface area contributed by atoms with Crippen LogP contribution < -0.4 is 0 Å². The maximum Gasteiger partial charge on any atom is 0.310 e. The summed E-state index contributed by atoms with van der Waals surface area (Å²) in [5.74, 6) is -0.296. The van der Waals surface area contributed by atoms with E-state index in [1.807, 2.05) is 18.2 Å². The number of hydrogen-bond donors (Lipinski definition) is 0. The standard InChI is InChI=1S/C10H11NO2/c1-8(7-10(12)13-2)9-5-3-4-6-11-9/h3-6H,1,7H2,2H3. The SMILES string of the molecule is C=C(CC(=O)OC)c1ccccn1. The van der Waals surface area contributed by atoms with Gasteiger partial charge in [0, 0.05) is 6.20 Å². The van der Waals surface area contributed by atoms with Crippen molar-refractivity contribution >= 4 is 11.5 Å². The lowest BCUT2D eigenvalue weighted by molar-refractivity contribution is -0.139. The predicted octanol–water partition coefficient (Wildman–Crippen LogP) is 1.66. The molecule has 1 aromatic rings. The molecule has 0 atom stereocenters. The van der Waals surface area contributed by atoms with E-state index in [0.29, 0.717) is 5.57 Å². The van der Waals surface area contributed by atoms with Gasteiger partial charge in [0.05, 0.1) is 19.2 Å². The molecule has 0 aliphatic rings. The normalized spacial score (nSPS) is 9.31. The third-order valence-corrected chi connectivity index (χ3v) is 1.61. The molecule has 3 heteroatoms. The zero-order valence-electron chi connectivity index (χ0n) is 7.49. The Bertz CT molecular complexity index is 306. The molecule has 0 bridgehead atoms. The third kappa shape index (κ3) is 2.71. The van der Waals surface area contributed by atoms with Gasteiger partial charge in [-0.15, -0.1) is 0 Å². The van der Waals surface area contributed by atoms with Crippen LogP contribution in [-0.4, -0.2) is 18.1 Å². The molecule has 0 spiro atoms. The van der Waals surface area contributed by atoms with Gasteiger partial charge in [0.25, 0.3) is 0 Å². The second-order valence-electron chi connectivity index (χ2n) is 2.57. The van der Waals surface area contributed by atoms with Gasteiger partial charge in [-0.2, -0.15) is 0 Å². The van der Waals surface area contributed by atoms with Crippen molar-refractivity contribution in [2.45, 2.75) is 6.42 Å². The molecule has 68 valence electrons. The molecule has 3 nitrogen and oxygen atoms in total. The van der Waals surface area contributed by atoms with Crippen molar-refractivity contribution < 1.29 is 9.53 Å². The van der Waals surface area contributed by atoms with E-state index in [1.54, 1.807) is 6.20 Å². The van der Waals surface area contributed by atoms with Gasteiger partial charge >= 0.3 is 5.97 Å². The van der Waals surface area contributed by atoms with Crippen LogP contribution in [0.1, 0.15) is 12.1 Å². The molecule has 0 fully saturated rings. The molecular weight excluding hydrogens is 166 g/mol. The van der Waals surface area contributed by atoms with Crippen LogP contribution in [0.25, 0.3) is 5.57 Å². The number of pyridine rings is 1. The minimum absolute atomic E-state index is 0.188. The summed E-state index contributed by atoms with van der Waals surface area (Å²) < 4.78 is 4.51. The van der Waals surface area contributed by atoms with Crippen LogP contribution in [0.5, 0.6) is 0 Å². The van der Waals surface area contributed by atoms with E-state index < -0.39 is 0 Å². The maximum absolute atomic E-state index is 10.9. The lowest BCUT2D eigenvalue weighted by atomic mass is 10.1. The Labute approximate surface area is 77.1 Å². The van der Waals surface area contributed by atoms with E-state index >= 15 is 0 Å². The van der Waals surface area contributed by atoms with Crippen molar-refractivity contribution in [3.05, 3.63) is 36.7 Å². The maximum atomic E-state index is 10.9. The number of hydrogen-bond acceptors (Lipinski definition) is 3. The van der Waals surface area contributed by atoms with Crippen LogP contribution in [0.4, 0.5) is 0 Å². The number of ether oxygens (including phenoxy) is 1. The average molecular weight is 177 g/mol. The van der Waals surface area contributed by atoms with E-state index in [-0.39, 0.29) is 12.4 Å². The molecule has 0 saturated carbocycles.